The minimum Gasteiger partial charge on any atom is -0.276 e. The first kappa shape index (κ1) is 16.9. The highest BCUT2D eigenvalue weighted by Gasteiger charge is 2.17. The molecular weight excluding hydrogens is 296 g/mol. The zero-order chi connectivity index (χ0) is 15.3. The molecule has 0 aliphatic heterocycles. The predicted octanol–water partition coefficient (Wildman–Crippen LogP) is 3.68. The lowest BCUT2D eigenvalue weighted by molar-refractivity contribution is 0.108. The average Bonchev–Trinajstić information content (AvgIpc) is 2.32. The van der Waals surface area contributed by atoms with Gasteiger partial charge in [-0.05, 0) is 55.0 Å². The second kappa shape index (κ2) is 7.04. The van der Waals surface area contributed by atoms with Crippen LogP contribution in [0, 0.1) is 6.92 Å². The third kappa shape index (κ3) is 4.46. The molecule has 0 heterocycles. The number of hydrogen-bond acceptors (Lipinski definition) is 3. The van der Waals surface area contributed by atoms with Gasteiger partial charge in [-0.25, -0.2) is 8.42 Å². The third-order valence-corrected chi connectivity index (χ3v) is 4.38. The van der Waals surface area contributed by atoms with E-state index in [-0.39, 0.29) is 10.5 Å². The monoisotopic (exact) mass is 314 g/mol. The molecule has 0 fully saturated rings. The Balaban J connectivity index is 3.25. The number of hydrogen-bond donors (Lipinski definition) is 0. The Hall–Kier alpha value is -1.13. The molecular formula is C15H19ClO3S. The van der Waals surface area contributed by atoms with Gasteiger partial charge < -0.3 is 0 Å². The van der Waals surface area contributed by atoms with Crippen LogP contribution in [0.5, 0.6) is 0 Å². The Morgan fingerprint density at radius 1 is 1.30 bits per heavy atom. The Morgan fingerprint density at radius 2 is 1.95 bits per heavy atom. The van der Waals surface area contributed by atoms with Crippen molar-refractivity contribution in [2.75, 3.05) is 6.26 Å². The van der Waals surface area contributed by atoms with Gasteiger partial charge in [0.15, 0.2) is 9.84 Å². The first-order chi connectivity index (χ1) is 9.27. The molecule has 110 valence electrons. The molecule has 0 aliphatic carbocycles. The van der Waals surface area contributed by atoms with Gasteiger partial charge in [0.05, 0.1) is 4.90 Å². The van der Waals surface area contributed by atoms with Gasteiger partial charge in [0.2, 0.25) is 0 Å². The van der Waals surface area contributed by atoms with E-state index in [9.17, 15) is 13.2 Å². The lowest BCUT2D eigenvalue weighted by Gasteiger charge is -2.11. The van der Waals surface area contributed by atoms with Crippen LogP contribution >= 0.6 is 11.6 Å². The summed E-state index contributed by atoms with van der Waals surface area (Å²) in [5, 5.41) is -0.634. The van der Waals surface area contributed by atoms with E-state index in [4.69, 9.17) is 11.6 Å². The van der Waals surface area contributed by atoms with Gasteiger partial charge in [0, 0.05) is 11.8 Å². The fourth-order valence-electron chi connectivity index (χ4n) is 2.02. The first-order valence-corrected chi connectivity index (χ1v) is 8.72. The van der Waals surface area contributed by atoms with Crippen LogP contribution in [0.3, 0.4) is 0 Å². The topological polar surface area (TPSA) is 51.2 Å². The van der Waals surface area contributed by atoms with Crippen molar-refractivity contribution >= 4 is 26.7 Å². The third-order valence-electron chi connectivity index (χ3n) is 3.00. The smallest absolute Gasteiger partial charge is 0.252 e. The van der Waals surface area contributed by atoms with Gasteiger partial charge in [0.1, 0.15) is 0 Å². The van der Waals surface area contributed by atoms with Crippen molar-refractivity contribution in [1.82, 2.24) is 0 Å². The van der Waals surface area contributed by atoms with E-state index in [1.165, 1.54) is 6.07 Å². The normalized spacial score (nSPS) is 12.0. The summed E-state index contributed by atoms with van der Waals surface area (Å²) in [5.41, 5.74) is 1.68. The molecule has 0 aliphatic rings. The number of aryl methyl sites for hydroxylation is 2. The molecule has 0 amide bonds. The Labute approximate surface area is 125 Å². The van der Waals surface area contributed by atoms with Crippen LogP contribution in [0.15, 0.2) is 29.2 Å². The molecule has 1 rings (SSSR count). The Kier molecular flexibility index (Phi) is 5.96. The van der Waals surface area contributed by atoms with Crippen LogP contribution in [0.1, 0.15) is 41.3 Å². The quantitative estimate of drug-likeness (QED) is 0.594. The van der Waals surface area contributed by atoms with E-state index < -0.39 is 15.1 Å². The van der Waals surface area contributed by atoms with E-state index >= 15 is 0 Å². The van der Waals surface area contributed by atoms with Gasteiger partial charge >= 0.3 is 0 Å². The Bertz CT molecular complexity index is 631. The standard InChI is InChI=1S/C15H19ClO3S/c1-4-5-6-7-8-12-9-11(2)13(15(16)17)10-14(12)20(3,18)19/h5-6,9-10H,4,7-8H2,1-3H3. The summed E-state index contributed by atoms with van der Waals surface area (Å²) >= 11 is 5.48. The largest absolute Gasteiger partial charge is 0.276 e. The maximum absolute atomic E-state index is 11.9. The van der Waals surface area contributed by atoms with Crippen molar-refractivity contribution in [2.45, 2.75) is 38.0 Å². The lowest BCUT2D eigenvalue weighted by atomic mass is 10.0. The number of allylic oxidation sites excluding steroid dienone is 2. The zero-order valence-corrected chi connectivity index (χ0v) is 13.5. The molecule has 0 bridgehead atoms. The molecule has 0 aromatic heterocycles. The summed E-state index contributed by atoms with van der Waals surface area (Å²) in [6.45, 7) is 3.80. The summed E-state index contributed by atoms with van der Waals surface area (Å²) in [7, 11) is -3.38. The van der Waals surface area contributed by atoms with Gasteiger partial charge in [-0.2, -0.15) is 0 Å². The van der Waals surface area contributed by atoms with Gasteiger partial charge in [0.25, 0.3) is 5.24 Å². The molecule has 0 radical (unpaired) electrons. The molecule has 0 saturated heterocycles. The molecule has 0 N–H and O–H groups in total. The molecule has 5 heteroatoms. The van der Waals surface area contributed by atoms with Crippen LogP contribution in [-0.2, 0) is 16.3 Å². The molecule has 0 saturated carbocycles. The van der Waals surface area contributed by atoms with Crippen LogP contribution in [0.2, 0.25) is 0 Å². The fourth-order valence-corrected chi connectivity index (χ4v) is 3.20. The highest BCUT2D eigenvalue weighted by molar-refractivity contribution is 7.90. The minimum atomic E-state index is -3.38. The van der Waals surface area contributed by atoms with Crippen molar-refractivity contribution in [3.63, 3.8) is 0 Å². The predicted molar refractivity (Wildman–Crippen MR) is 82.2 cm³/mol. The summed E-state index contributed by atoms with van der Waals surface area (Å²) < 4.78 is 23.7. The van der Waals surface area contributed by atoms with Gasteiger partial charge in [-0.3, -0.25) is 4.79 Å². The second-order valence-corrected chi connectivity index (χ2v) is 7.07. The van der Waals surface area contributed by atoms with Crippen molar-refractivity contribution in [3.8, 4) is 0 Å². The van der Waals surface area contributed by atoms with E-state index in [1.807, 2.05) is 19.1 Å². The number of rotatable bonds is 6. The summed E-state index contributed by atoms with van der Waals surface area (Å²) in [5.74, 6) is 0. The number of benzene rings is 1. The van der Waals surface area contributed by atoms with Crippen LogP contribution in [-0.4, -0.2) is 19.9 Å². The Morgan fingerprint density at radius 3 is 2.45 bits per heavy atom. The maximum Gasteiger partial charge on any atom is 0.252 e. The summed E-state index contributed by atoms with van der Waals surface area (Å²) in [6, 6.07) is 3.13. The molecule has 1 aromatic rings. The number of carbonyl (C=O) groups is 1. The number of halogens is 1. The highest BCUT2D eigenvalue weighted by Crippen LogP contribution is 2.24. The first-order valence-electron chi connectivity index (χ1n) is 6.45. The molecule has 0 atom stereocenters. The van der Waals surface area contributed by atoms with Crippen molar-refractivity contribution in [3.05, 3.63) is 41.0 Å². The second-order valence-electron chi connectivity index (χ2n) is 4.74. The summed E-state index contributed by atoms with van der Waals surface area (Å²) in [4.78, 5) is 11.5. The summed E-state index contributed by atoms with van der Waals surface area (Å²) in [6.07, 6.45) is 7.56. The van der Waals surface area contributed by atoms with Crippen LogP contribution in [0.4, 0.5) is 0 Å². The van der Waals surface area contributed by atoms with Crippen LogP contribution in [0.25, 0.3) is 0 Å². The van der Waals surface area contributed by atoms with E-state index in [0.717, 1.165) is 24.7 Å². The fraction of sp³-hybridized carbons (Fsp3) is 0.400. The highest BCUT2D eigenvalue weighted by atomic mass is 35.5. The van der Waals surface area contributed by atoms with Crippen molar-refractivity contribution < 1.29 is 13.2 Å². The average molecular weight is 315 g/mol. The van der Waals surface area contributed by atoms with Gasteiger partial charge in [-0.15, -0.1) is 0 Å². The van der Waals surface area contributed by atoms with E-state index in [1.54, 1.807) is 13.0 Å². The SMILES string of the molecule is CCC=CCCc1cc(C)c(C(=O)Cl)cc1S(C)(=O)=O. The molecule has 3 nitrogen and oxygen atoms in total. The van der Waals surface area contributed by atoms with E-state index in [2.05, 4.69) is 0 Å². The lowest BCUT2D eigenvalue weighted by Crippen LogP contribution is -2.06. The number of carbonyl (C=O) groups excluding carboxylic acids is 1. The maximum atomic E-state index is 11.9. The number of sulfone groups is 1. The van der Waals surface area contributed by atoms with Crippen LogP contribution < -0.4 is 0 Å². The molecule has 0 unspecified atom stereocenters. The molecule has 20 heavy (non-hydrogen) atoms. The van der Waals surface area contributed by atoms with E-state index in [0.29, 0.717) is 12.0 Å². The van der Waals surface area contributed by atoms with Crippen molar-refractivity contribution in [2.24, 2.45) is 0 Å². The zero-order valence-electron chi connectivity index (χ0n) is 11.9. The van der Waals surface area contributed by atoms with Gasteiger partial charge in [-0.1, -0.05) is 25.1 Å². The molecule has 0 spiro atoms. The van der Waals surface area contributed by atoms with Crippen molar-refractivity contribution in [1.29, 1.82) is 0 Å². The minimum absolute atomic E-state index is 0.192. The molecule has 1 aromatic carbocycles.